The third-order valence-electron chi connectivity index (χ3n) is 2.69. The van der Waals surface area contributed by atoms with Crippen molar-refractivity contribution in [2.45, 2.75) is 38.8 Å². The molecule has 4 heteroatoms. The van der Waals surface area contributed by atoms with E-state index in [1.54, 1.807) is 0 Å². The van der Waals surface area contributed by atoms with E-state index in [9.17, 15) is 4.79 Å². The molecule has 1 rings (SSSR count). The highest BCUT2D eigenvalue weighted by atomic mass is 16.5. The maximum absolute atomic E-state index is 11.7. The highest BCUT2D eigenvalue weighted by Gasteiger charge is 2.32. The Balaban J connectivity index is 2.43. The lowest BCUT2D eigenvalue weighted by Gasteiger charge is -2.19. The molecule has 0 saturated carbocycles. The molecule has 3 unspecified atom stereocenters. The molecule has 0 aromatic rings. The standard InChI is InChI=1S/C10H20N2O2/c1-3-9-8(4-5-14-9)10(13)12-7(2)6-11/h7-9H,3-6,11H2,1-2H3,(H,12,13). The van der Waals surface area contributed by atoms with E-state index in [0.717, 1.165) is 12.8 Å². The van der Waals surface area contributed by atoms with E-state index in [1.165, 1.54) is 0 Å². The summed E-state index contributed by atoms with van der Waals surface area (Å²) in [6.45, 7) is 5.14. The van der Waals surface area contributed by atoms with Crippen LogP contribution < -0.4 is 11.1 Å². The summed E-state index contributed by atoms with van der Waals surface area (Å²) >= 11 is 0. The van der Waals surface area contributed by atoms with Crippen LogP contribution in [0.2, 0.25) is 0 Å². The molecule has 1 fully saturated rings. The Bertz CT molecular complexity index is 197. The summed E-state index contributed by atoms with van der Waals surface area (Å²) in [5.74, 6) is 0.112. The summed E-state index contributed by atoms with van der Waals surface area (Å²) < 4.78 is 5.46. The number of carbonyl (C=O) groups excluding carboxylic acids is 1. The average Bonchev–Trinajstić information content (AvgIpc) is 2.65. The number of hydrogen-bond donors (Lipinski definition) is 2. The monoisotopic (exact) mass is 200 g/mol. The van der Waals surface area contributed by atoms with Crippen molar-refractivity contribution >= 4 is 5.91 Å². The number of ether oxygens (including phenoxy) is 1. The molecule has 0 aromatic heterocycles. The van der Waals surface area contributed by atoms with Crippen molar-refractivity contribution in [2.24, 2.45) is 11.7 Å². The SMILES string of the molecule is CCC1OCCC1C(=O)NC(C)CN. The van der Waals surface area contributed by atoms with E-state index in [2.05, 4.69) is 5.32 Å². The summed E-state index contributed by atoms with van der Waals surface area (Å²) in [7, 11) is 0. The molecule has 3 N–H and O–H groups in total. The van der Waals surface area contributed by atoms with Crippen LogP contribution >= 0.6 is 0 Å². The lowest BCUT2D eigenvalue weighted by atomic mass is 9.98. The number of hydrogen-bond acceptors (Lipinski definition) is 3. The zero-order chi connectivity index (χ0) is 10.6. The van der Waals surface area contributed by atoms with Crippen molar-refractivity contribution in [2.75, 3.05) is 13.2 Å². The van der Waals surface area contributed by atoms with Crippen LogP contribution in [0.25, 0.3) is 0 Å². The molecule has 0 radical (unpaired) electrons. The van der Waals surface area contributed by atoms with Gasteiger partial charge in [-0.2, -0.15) is 0 Å². The molecule has 1 saturated heterocycles. The van der Waals surface area contributed by atoms with Crippen LogP contribution in [0.5, 0.6) is 0 Å². The van der Waals surface area contributed by atoms with E-state index in [1.807, 2.05) is 13.8 Å². The molecule has 1 amide bonds. The third-order valence-corrected chi connectivity index (χ3v) is 2.69. The largest absolute Gasteiger partial charge is 0.377 e. The molecule has 1 aliphatic rings. The maximum atomic E-state index is 11.7. The minimum Gasteiger partial charge on any atom is -0.377 e. The summed E-state index contributed by atoms with van der Waals surface area (Å²) in [4.78, 5) is 11.7. The number of carbonyl (C=O) groups is 1. The van der Waals surface area contributed by atoms with Gasteiger partial charge in [0.15, 0.2) is 0 Å². The number of nitrogens with two attached hydrogens (primary N) is 1. The predicted molar refractivity (Wildman–Crippen MR) is 54.8 cm³/mol. The number of amides is 1. The summed E-state index contributed by atoms with van der Waals surface area (Å²) in [5, 5.41) is 2.89. The van der Waals surface area contributed by atoms with Gasteiger partial charge in [0.2, 0.25) is 5.91 Å². The van der Waals surface area contributed by atoms with Gasteiger partial charge in [-0.3, -0.25) is 4.79 Å². The second-order valence-corrected chi connectivity index (χ2v) is 3.86. The zero-order valence-electron chi connectivity index (χ0n) is 8.95. The fourth-order valence-corrected chi connectivity index (χ4v) is 1.76. The summed E-state index contributed by atoms with van der Waals surface area (Å²) in [6.07, 6.45) is 1.83. The minimum absolute atomic E-state index is 0.0222. The molecule has 0 bridgehead atoms. The lowest BCUT2D eigenvalue weighted by molar-refractivity contribution is -0.127. The maximum Gasteiger partial charge on any atom is 0.226 e. The van der Waals surface area contributed by atoms with Gasteiger partial charge in [-0.25, -0.2) is 0 Å². The normalized spacial score (nSPS) is 28.8. The Morgan fingerprint density at radius 3 is 3.00 bits per heavy atom. The predicted octanol–water partition coefficient (Wildman–Crippen LogP) is 0.265. The summed E-state index contributed by atoms with van der Waals surface area (Å²) in [6, 6.07) is 0.0561. The van der Waals surface area contributed by atoms with Crippen LogP contribution in [-0.4, -0.2) is 31.2 Å². The van der Waals surface area contributed by atoms with Crippen molar-refractivity contribution in [3.05, 3.63) is 0 Å². The fourth-order valence-electron chi connectivity index (χ4n) is 1.76. The van der Waals surface area contributed by atoms with Crippen LogP contribution in [0.15, 0.2) is 0 Å². The Morgan fingerprint density at radius 1 is 1.71 bits per heavy atom. The molecular weight excluding hydrogens is 180 g/mol. The van der Waals surface area contributed by atoms with E-state index in [4.69, 9.17) is 10.5 Å². The second kappa shape index (κ2) is 5.32. The van der Waals surface area contributed by atoms with Crippen molar-refractivity contribution in [3.8, 4) is 0 Å². The van der Waals surface area contributed by atoms with Crippen LogP contribution in [0.4, 0.5) is 0 Å². The molecule has 4 nitrogen and oxygen atoms in total. The molecular formula is C10H20N2O2. The molecule has 82 valence electrons. The van der Waals surface area contributed by atoms with Gasteiger partial charge in [0.25, 0.3) is 0 Å². The summed E-state index contributed by atoms with van der Waals surface area (Å²) in [5.41, 5.74) is 5.44. The quantitative estimate of drug-likeness (QED) is 0.684. The van der Waals surface area contributed by atoms with Gasteiger partial charge in [-0.05, 0) is 19.8 Å². The first kappa shape index (κ1) is 11.5. The van der Waals surface area contributed by atoms with Gasteiger partial charge < -0.3 is 15.8 Å². The zero-order valence-corrected chi connectivity index (χ0v) is 8.95. The van der Waals surface area contributed by atoms with Crippen LogP contribution in [-0.2, 0) is 9.53 Å². The highest BCUT2D eigenvalue weighted by molar-refractivity contribution is 5.79. The van der Waals surface area contributed by atoms with E-state index < -0.39 is 0 Å². The molecule has 1 aliphatic heterocycles. The molecule has 0 aromatic carbocycles. The number of nitrogens with one attached hydrogen (secondary N) is 1. The van der Waals surface area contributed by atoms with Gasteiger partial charge in [-0.15, -0.1) is 0 Å². The molecule has 0 spiro atoms. The lowest BCUT2D eigenvalue weighted by Crippen LogP contribution is -2.43. The van der Waals surface area contributed by atoms with E-state index >= 15 is 0 Å². The average molecular weight is 200 g/mol. The van der Waals surface area contributed by atoms with Crippen LogP contribution in [0.1, 0.15) is 26.7 Å². The Hall–Kier alpha value is -0.610. The van der Waals surface area contributed by atoms with Crippen molar-refractivity contribution in [1.82, 2.24) is 5.32 Å². The Kier molecular flexibility index (Phi) is 4.35. The molecule has 0 aliphatic carbocycles. The minimum atomic E-state index is 0.0222. The topological polar surface area (TPSA) is 64.3 Å². The van der Waals surface area contributed by atoms with Gasteiger partial charge in [0.1, 0.15) is 0 Å². The highest BCUT2D eigenvalue weighted by Crippen LogP contribution is 2.23. The van der Waals surface area contributed by atoms with Gasteiger partial charge >= 0.3 is 0 Å². The van der Waals surface area contributed by atoms with Crippen molar-refractivity contribution < 1.29 is 9.53 Å². The van der Waals surface area contributed by atoms with Gasteiger partial charge in [0, 0.05) is 19.2 Å². The first-order valence-corrected chi connectivity index (χ1v) is 5.31. The van der Waals surface area contributed by atoms with Crippen molar-refractivity contribution in [3.63, 3.8) is 0 Å². The molecule has 3 atom stereocenters. The molecule has 1 heterocycles. The Labute approximate surface area is 85.2 Å². The van der Waals surface area contributed by atoms with Gasteiger partial charge in [0.05, 0.1) is 12.0 Å². The second-order valence-electron chi connectivity index (χ2n) is 3.86. The van der Waals surface area contributed by atoms with Crippen LogP contribution in [0, 0.1) is 5.92 Å². The van der Waals surface area contributed by atoms with E-state index in [0.29, 0.717) is 13.2 Å². The van der Waals surface area contributed by atoms with Crippen molar-refractivity contribution in [1.29, 1.82) is 0 Å². The smallest absolute Gasteiger partial charge is 0.226 e. The Morgan fingerprint density at radius 2 is 2.43 bits per heavy atom. The first-order valence-electron chi connectivity index (χ1n) is 5.31. The first-order chi connectivity index (χ1) is 6.69. The molecule has 14 heavy (non-hydrogen) atoms. The fraction of sp³-hybridized carbons (Fsp3) is 0.900. The number of rotatable bonds is 4. The van der Waals surface area contributed by atoms with E-state index in [-0.39, 0.29) is 24.0 Å². The van der Waals surface area contributed by atoms with Gasteiger partial charge in [-0.1, -0.05) is 6.92 Å². The van der Waals surface area contributed by atoms with Crippen LogP contribution in [0.3, 0.4) is 0 Å². The third kappa shape index (κ3) is 2.69.